The highest BCUT2D eigenvalue weighted by atomic mass is 16.3. The summed E-state index contributed by atoms with van der Waals surface area (Å²) < 4.78 is 0. The summed E-state index contributed by atoms with van der Waals surface area (Å²) in [5, 5.41) is 18.3. The van der Waals surface area contributed by atoms with Crippen molar-refractivity contribution >= 4 is 0 Å². The van der Waals surface area contributed by atoms with Crippen molar-refractivity contribution in [1.29, 1.82) is 5.26 Å². The summed E-state index contributed by atoms with van der Waals surface area (Å²) in [4.78, 5) is 0. The van der Waals surface area contributed by atoms with Crippen LogP contribution in [-0.4, -0.2) is 11.1 Å². The van der Waals surface area contributed by atoms with Gasteiger partial charge in [-0.15, -0.1) is 0 Å². The van der Waals surface area contributed by atoms with E-state index in [0.29, 0.717) is 12.0 Å². The van der Waals surface area contributed by atoms with Gasteiger partial charge in [-0.05, 0) is 31.4 Å². The van der Waals surface area contributed by atoms with Crippen LogP contribution in [0.15, 0.2) is 18.2 Å². The first-order chi connectivity index (χ1) is 6.65. The van der Waals surface area contributed by atoms with E-state index >= 15 is 0 Å². The molecule has 1 atom stereocenters. The molecule has 1 unspecified atom stereocenters. The highest BCUT2D eigenvalue weighted by Gasteiger charge is 2.06. The molecule has 1 aromatic carbocycles. The van der Waals surface area contributed by atoms with Gasteiger partial charge in [-0.25, -0.2) is 0 Å². The molecule has 3 heteroatoms. The molecule has 0 bridgehead atoms. The van der Waals surface area contributed by atoms with E-state index in [2.05, 4.69) is 0 Å². The molecule has 3 N–H and O–H groups in total. The Hall–Kier alpha value is -1.53. The maximum absolute atomic E-state index is 9.64. The lowest BCUT2D eigenvalue weighted by molar-refractivity contribution is 0.464. The third-order valence-electron chi connectivity index (χ3n) is 2.11. The molecule has 0 aliphatic rings. The molecule has 0 amide bonds. The van der Waals surface area contributed by atoms with Crippen molar-refractivity contribution in [3.05, 3.63) is 29.3 Å². The summed E-state index contributed by atoms with van der Waals surface area (Å²) in [7, 11) is 0. The molecule has 0 saturated heterocycles. The van der Waals surface area contributed by atoms with Crippen molar-refractivity contribution in [2.24, 2.45) is 5.73 Å². The van der Waals surface area contributed by atoms with E-state index in [4.69, 9.17) is 11.0 Å². The Morgan fingerprint density at radius 3 is 2.86 bits per heavy atom. The predicted molar refractivity (Wildman–Crippen MR) is 54.8 cm³/mol. The number of para-hydroxylation sites is 1. The Morgan fingerprint density at radius 2 is 2.29 bits per heavy atom. The summed E-state index contributed by atoms with van der Waals surface area (Å²) in [5.74, 6) is 0.0932. The molecular formula is C11H14N2O. The normalized spacial score (nSPS) is 12.1. The van der Waals surface area contributed by atoms with Crippen LogP contribution in [0.5, 0.6) is 5.75 Å². The van der Waals surface area contributed by atoms with E-state index in [0.717, 1.165) is 12.0 Å². The second-order valence-corrected chi connectivity index (χ2v) is 3.44. The maximum Gasteiger partial charge on any atom is 0.136 e. The fraction of sp³-hybridized carbons (Fsp3) is 0.364. The highest BCUT2D eigenvalue weighted by molar-refractivity contribution is 5.47. The molecule has 0 aliphatic carbocycles. The lowest BCUT2D eigenvalue weighted by Gasteiger charge is -2.07. The SMILES string of the molecule is CC(N)CCc1cccc(C#N)c1O. The Balaban J connectivity index is 2.83. The number of nitrogens with two attached hydrogens (primary N) is 1. The molecule has 74 valence electrons. The van der Waals surface area contributed by atoms with E-state index < -0.39 is 0 Å². The smallest absolute Gasteiger partial charge is 0.136 e. The molecule has 0 aliphatic heterocycles. The number of hydrogen-bond acceptors (Lipinski definition) is 3. The fourth-order valence-electron chi connectivity index (χ4n) is 1.27. The quantitative estimate of drug-likeness (QED) is 0.759. The first-order valence-electron chi connectivity index (χ1n) is 4.61. The molecule has 0 saturated carbocycles. The maximum atomic E-state index is 9.64. The standard InChI is InChI=1S/C11H14N2O/c1-8(13)5-6-9-3-2-4-10(7-12)11(9)14/h2-4,8,14H,5-6,13H2,1H3. The van der Waals surface area contributed by atoms with Gasteiger partial charge in [-0.1, -0.05) is 12.1 Å². The number of benzene rings is 1. The van der Waals surface area contributed by atoms with E-state index in [9.17, 15) is 5.11 Å². The monoisotopic (exact) mass is 190 g/mol. The van der Waals surface area contributed by atoms with Gasteiger partial charge in [0.25, 0.3) is 0 Å². The molecule has 0 radical (unpaired) electrons. The Bertz CT molecular complexity index is 353. The average molecular weight is 190 g/mol. The van der Waals surface area contributed by atoms with Crippen molar-refractivity contribution < 1.29 is 5.11 Å². The van der Waals surface area contributed by atoms with Crippen LogP contribution in [0.1, 0.15) is 24.5 Å². The van der Waals surface area contributed by atoms with Crippen LogP contribution in [0.4, 0.5) is 0 Å². The second kappa shape index (κ2) is 4.64. The minimum Gasteiger partial charge on any atom is -0.506 e. The van der Waals surface area contributed by atoms with Crippen LogP contribution in [0.3, 0.4) is 0 Å². The Morgan fingerprint density at radius 1 is 1.57 bits per heavy atom. The number of nitriles is 1. The molecule has 0 fully saturated rings. The third-order valence-corrected chi connectivity index (χ3v) is 2.11. The lowest BCUT2D eigenvalue weighted by Crippen LogP contribution is -2.15. The number of rotatable bonds is 3. The van der Waals surface area contributed by atoms with Crippen LogP contribution in [0.25, 0.3) is 0 Å². The van der Waals surface area contributed by atoms with Crippen LogP contribution in [0, 0.1) is 11.3 Å². The molecule has 0 heterocycles. The third kappa shape index (κ3) is 2.48. The number of aryl methyl sites for hydroxylation is 1. The minimum atomic E-state index is 0.0932. The number of nitrogens with zero attached hydrogens (tertiary/aromatic N) is 1. The molecule has 14 heavy (non-hydrogen) atoms. The van der Waals surface area contributed by atoms with Gasteiger partial charge >= 0.3 is 0 Å². The summed E-state index contributed by atoms with van der Waals surface area (Å²) in [6.45, 7) is 1.92. The van der Waals surface area contributed by atoms with Gasteiger partial charge in [0.1, 0.15) is 11.8 Å². The molecule has 1 aromatic rings. The highest BCUT2D eigenvalue weighted by Crippen LogP contribution is 2.22. The van der Waals surface area contributed by atoms with Gasteiger partial charge in [0, 0.05) is 6.04 Å². The number of hydrogen-bond donors (Lipinski definition) is 2. The van der Waals surface area contributed by atoms with Gasteiger partial charge in [-0.3, -0.25) is 0 Å². The van der Waals surface area contributed by atoms with Crippen molar-refractivity contribution in [1.82, 2.24) is 0 Å². The number of phenols is 1. The zero-order chi connectivity index (χ0) is 10.6. The van der Waals surface area contributed by atoms with Gasteiger partial charge in [-0.2, -0.15) is 5.26 Å². The van der Waals surface area contributed by atoms with Crippen molar-refractivity contribution in [2.45, 2.75) is 25.8 Å². The number of phenolic OH excluding ortho intramolecular Hbond substituents is 1. The van der Waals surface area contributed by atoms with Crippen molar-refractivity contribution in [3.63, 3.8) is 0 Å². The Labute approximate surface area is 83.8 Å². The average Bonchev–Trinajstić information content (AvgIpc) is 2.16. The summed E-state index contributed by atoms with van der Waals surface area (Å²) in [5.41, 5.74) is 6.73. The zero-order valence-electron chi connectivity index (χ0n) is 8.20. The van der Waals surface area contributed by atoms with Gasteiger partial charge < -0.3 is 10.8 Å². The summed E-state index contributed by atoms with van der Waals surface area (Å²) in [6.07, 6.45) is 1.52. The van der Waals surface area contributed by atoms with Crippen LogP contribution in [0.2, 0.25) is 0 Å². The second-order valence-electron chi connectivity index (χ2n) is 3.44. The lowest BCUT2D eigenvalue weighted by atomic mass is 10.0. The Kier molecular flexibility index (Phi) is 3.49. The molecule has 0 aromatic heterocycles. The van der Waals surface area contributed by atoms with Gasteiger partial charge in [0.15, 0.2) is 0 Å². The van der Waals surface area contributed by atoms with E-state index in [1.54, 1.807) is 12.1 Å². The van der Waals surface area contributed by atoms with E-state index in [1.807, 2.05) is 19.1 Å². The molecule has 1 rings (SSSR count). The first-order valence-corrected chi connectivity index (χ1v) is 4.61. The van der Waals surface area contributed by atoms with Crippen molar-refractivity contribution in [2.75, 3.05) is 0 Å². The molecule has 3 nitrogen and oxygen atoms in total. The summed E-state index contributed by atoms with van der Waals surface area (Å²) in [6, 6.07) is 7.25. The van der Waals surface area contributed by atoms with Crippen LogP contribution in [-0.2, 0) is 6.42 Å². The molecular weight excluding hydrogens is 176 g/mol. The molecule has 0 spiro atoms. The van der Waals surface area contributed by atoms with Crippen LogP contribution >= 0.6 is 0 Å². The van der Waals surface area contributed by atoms with Crippen LogP contribution < -0.4 is 5.73 Å². The zero-order valence-corrected chi connectivity index (χ0v) is 8.20. The van der Waals surface area contributed by atoms with E-state index in [1.165, 1.54) is 0 Å². The summed E-state index contributed by atoms with van der Waals surface area (Å²) >= 11 is 0. The number of aromatic hydroxyl groups is 1. The predicted octanol–water partition coefficient (Wildman–Crippen LogP) is 1.54. The van der Waals surface area contributed by atoms with Gasteiger partial charge in [0.05, 0.1) is 5.56 Å². The topological polar surface area (TPSA) is 70.0 Å². The van der Waals surface area contributed by atoms with E-state index in [-0.39, 0.29) is 11.8 Å². The fourth-order valence-corrected chi connectivity index (χ4v) is 1.27. The minimum absolute atomic E-state index is 0.0932. The largest absolute Gasteiger partial charge is 0.506 e. The van der Waals surface area contributed by atoms with Gasteiger partial charge in [0.2, 0.25) is 0 Å². The van der Waals surface area contributed by atoms with Crippen molar-refractivity contribution in [3.8, 4) is 11.8 Å². The first kappa shape index (κ1) is 10.6.